The van der Waals surface area contributed by atoms with E-state index >= 15 is 0 Å². The summed E-state index contributed by atoms with van der Waals surface area (Å²) in [7, 11) is -4.64. The summed E-state index contributed by atoms with van der Waals surface area (Å²) in [4.78, 5) is 25.0. The first-order valence-electron chi connectivity index (χ1n) is 5.90. The van der Waals surface area contributed by atoms with Gasteiger partial charge in [0.2, 0.25) is 11.7 Å². The van der Waals surface area contributed by atoms with Gasteiger partial charge in [-0.1, -0.05) is 16.8 Å². The number of hydrogen-bond acceptors (Lipinski definition) is 8. The standard InChI is InChI=1S/C11H16NO8P/c1-2-18-10(14)7-12-11(15)21(16,17)20-19-9-6-4-3-5-8(9)13/h3-6,11-13,15H,2,7H2,1H3,(H,16,17). The van der Waals surface area contributed by atoms with E-state index in [2.05, 4.69) is 19.6 Å². The molecule has 0 aliphatic carbocycles. The highest BCUT2D eigenvalue weighted by Gasteiger charge is 2.33. The van der Waals surface area contributed by atoms with Crippen molar-refractivity contribution in [2.24, 2.45) is 0 Å². The number of phenols is 1. The SMILES string of the molecule is CCOC(=O)CNC(O)P(=O)(O)OOc1ccccc1O. The molecule has 0 heterocycles. The third kappa shape index (κ3) is 5.70. The van der Waals surface area contributed by atoms with Crippen LogP contribution in [0.2, 0.25) is 0 Å². The number of aromatic hydroxyl groups is 1. The molecule has 0 aliphatic heterocycles. The zero-order valence-electron chi connectivity index (χ0n) is 11.1. The summed E-state index contributed by atoms with van der Waals surface area (Å²) >= 11 is 0. The normalized spacial score (nSPS) is 15.0. The van der Waals surface area contributed by atoms with Crippen molar-refractivity contribution in [3.63, 3.8) is 0 Å². The predicted octanol–water partition coefficient (Wildman–Crippen LogP) is 0.317. The summed E-state index contributed by atoms with van der Waals surface area (Å²) in [6, 6.07) is 5.57. The van der Waals surface area contributed by atoms with Crippen LogP contribution in [0.3, 0.4) is 0 Å². The molecule has 4 N–H and O–H groups in total. The maximum absolute atomic E-state index is 11.6. The number of rotatable bonds is 8. The molecule has 1 aromatic carbocycles. The van der Waals surface area contributed by atoms with Crippen molar-refractivity contribution in [3.8, 4) is 11.5 Å². The van der Waals surface area contributed by atoms with E-state index < -0.39 is 26.1 Å². The number of nitrogens with one attached hydrogen (secondary N) is 1. The highest BCUT2D eigenvalue weighted by atomic mass is 31.2. The van der Waals surface area contributed by atoms with Gasteiger partial charge in [-0.2, -0.15) is 0 Å². The van der Waals surface area contributed by atoms with E-state index in [0.717, 1.165) is 0 Å². The molecular formula is C11H16NO8P. The summed E-state index contributed by atoms with van der Waals surface area (Å²) in [6.07, 6.45) is 0. The molecule has 118 valence electrons. The minimum absolute atomic E-state index is 0.139. The molecule has 0 aliphatic rings. The Labute approximate surface area is 120 Å². The van der Waals surface area contributed by atoms with Crippen LogP contribution >= 0.6 is 7.60 Å². The summed E-state index contributed by atoms with van der Waals surface area (Å²) in [5.41, 5.74) is 0. The van der Waals surface area contributed by atoms with E-state index in [1.165, 1.54) is 24.3 Å². The van der Waals surface area contributed by atoms with E-state index in [9.17, 15) is 24.5 Å². The number of phenolic OH excluding ortho intramolecular Hbond substituents is 1. The topological polar surface area (TPSA) is 135 Å². The van der Waals surface area contributed by atoms with Gasteiger partial charge >= 0.3 is 13.6 Å². The lowest BCUT2D eigenvalue weighted by Crippen LogP contribution is -2.34. The molecular weight excluding hydrogens is 305 g/mol. The van der Waals surface area contributed by atoms with Crippen molar-refractivity contribution in [2.45, 2.75) is 12.9 Å². The fourth-order valence-electron chi connectivity index (χ4n) is 1.16. The number of carbonyl (C=O) groups is 1. The molecule has 21 heavy (non-hydrogen) atoms. The Balaban J connectivity index is 2.50. The first-order chi connectivity index (χ1) is 9.86. The number of carbonyl (C=O) groups excluding carboxylic acids is 1. The molecule has 1 rings (SSSR count). The zero-order valence-corrected chi connectivity index (χ0v) is 12.0. The van der Waals surface area contributed by atoms with E-state index in [1.54, 1.807) is 6.92 Å². The van der Waals surface area contributed by atoms with Crippen LogP contribution in [0.1, 0.15) is 6.92 Å². The smallest absolute Gasteiger partial charge is 0.408 e. The Morgan fingerprint density at radius 1 is 1.43 bits per heavy atom. The first-order valence-corrected chi connectivity index (χ1v) is 7.55. The minimum atomic E-state index is -4.64. The second-order valence-corrected chi connectivity index (χ2v) is 5.52. The Hall–Kier alpha value is -1.64. The molecule has 10 heteroatoms. The van der Waals surface area contributed by atoms with E-state index in [0.29, 0.717) is 0 Å². The Bertz CT molecular complexity index is 523. The van der Waals surface area contributed by atoms with Crippen LogP contribution < -0.4 is 10.2 Å². The van der Waals surface area contributed by atoms with Gasteiger partial charge in [0.05, 0.1) is 13.2 Å². The van der Waals surface area contributed by atoms with Crippen LogP contribution in [0.4, 0.5) is 0 Å². The number of aliphatic hydroxyl groups is 1. The molecule has 2 atom stereocenters. The van der Waals surface area contributed by atoms with Gasteiger partial charge in [0.25, 0.3) is 0 Å². The third-order valence-electron chi connectivity index (χ3n) is 2.14. The van der Waals surface area contributed by atoms with Gasteiger partial charge in [0, 0.05) is 0 Å². The van der Waals surface area contributed by atoms with Gasteiger partial charge in [-0.05, 0) is 19.1 Å². The van der Waals surface area contributed by atoms with Crippen LogP contribution in [-0.4, -0.2) is 40.2 Å². The quantitative estimate of drug-likeness (QED) is 0.175. The van der Waals surface area contributed by atoms with Crippen molar-refractivity contribution in [3.05, 3.63) is 24.3 Å². The largest absolute Gasteiger partial charge is 0.504 e. The fourth-order valence-corrected chi connectivity index (χ4v) is 1.75. The average molecular weight is 321 g/mol. The summed E-state index contributed by atoms with van der Waals surface area (Å²) in [5, 5.41) is 20.9. The number of benzene rings is 1. The van der Waals surface area contributed by atoms with Crippen molar-refractivity contribution < 1.29 is 38.8 Å². The Morgan fingerprint density at radius 3 is 2.71 bits per heavy atom. The Morgan fingerprint density at radius 2 is 2.10 bits per heavy atom. The lowest BCUT2D eigenvalue weighted by atomic mass is 10.3. The Kier molecular flexibility index (Phi) is 6.60. The number of esters is 1. The van der Waals surface area contributed by atoms with Gasteiger partial charge in [0.15, 0.2) is 5.75 Å². The summed E-state index contributed by atoms with van der Waals surface area (Å²) < 4.78 is 20.4. The summed E-state index contributed by atoms with van der Waals surface area (Å²) in [5.74, 6) is -3.29. The number of ether oxygens (including phenoxy) is 1. The minimum Gasteiger partial charge on any atom is -0.504 e. The van der Waals surface area contributed by atoms with Gasteiger partial charge in [-0.25, -0.2) is 0 Å². The molecule has 0 saturated carbocycles. The third-order valence-corrected chi connectivity index (χ3v) is 3.23. The zero-order chi connectivity index (χ0) is 15.9. The van der Waals surface area contributed by atoms with E-state index in [-0.39, 0.29) is 18.1 Å². The highest BCUT2D eigenvalue weighted by molar-refractivity contribution is 7.53. The van der Waals surface area contributed by atoms with Crippen molar-refractivity contribution in [1.82, 2.24) is 5.32 Å². The van der Waals surface area contributed by atoms with E-state index in [4.69, 9.17) is 0 Å². The van der Waals surface area contributed by atoms with Crippen molar-refractivity contribution in [1.29, 1.82) is 0 Å². The number of hydrogen-bond donors (Lipinski definition) is 4. The molecule has 9 nitrogen and oxygen atoms in total. The van der Waals surface area contributed by atoms with Gasteiger partial charge in [0.1, 0.15) is 0 Å². The molecule has 0 amide bonds. The molecule has 0 spiro atoms. The summed E-state index contributed by atoms with van der Waals surface area (Å²) in [6.45, 7) is 1.24. The number of para-hydroxylation sites is 2. The van der Waals surface area contributed by atoms with Crippen LogP contribution in [-0.2, 0) is 18.8 Å². The van der Waals surface area contributed by atoms with Gasteiger partial charge in [-0.3, -0.25) is 14.7 Å². The second-order valence-electron chi connectivity index (χ2n) is 3.75. The average Bonchev–Trinajstić information content (AvgIpc) is 2.44. The van der Waals surface area contributed by atoms with Crippen LogP contribution in [0.15, 0.2) is 24.3 Å². The highest BCUT2D eigenvalue weighted by Crippen LogP contribution is 2.46. The van der Waals surface area contributed by atoms with Crippen LogP contribution in [0, 0.1) is 0 Å². The fraction of sp³-hybridized carbons (Fsp3) is 0.364. The van der Waals surface area contributed by atoms with Crippen molar-refractivity contribution >= 4 is 13.6 Å². The van der Waals surface area contributed by atoms with Gasteiger partial charge < -0.3 is 24.7 Å². The maximum atomic E-state index is 11.6. The predicted molar refractivity (Wildman–Crippen MR) is 70.3 cm³/mol. The van der Waals surface area contributed by atoms with Crippen molar-refractivity contribution in [2.75, 3.05) is 13.2 Å². The molecule has 2 unspecified atom stereocenters. The lowest BCUT2D eigenvalue weighted by molar-refractivity contribution is -0.142. The molecule has 0 aromatic heterocycles. The first kappa shape index (κ1) is 17.4. The molecule has 0 saturated heterocycles. The van der Waals surface area contributed by atoms with Crippen LogP contribution in [0.25, 0.3) is 0 Å². The van der Waals surface area contributed by atoms with Gasteiger partial charge in [-0.15, -0.1) is 0 Å². The van der Waals surface area contributed by atoms with E-state index in [1.807, 2.05) is 0 Å². The lowest BCUT2D eigenvalue weighted by Gasteiger charge is -2.17. The molecule has 0 bridgehead atoms. The monoisotopic (exact) mass is 321 g/mol. The maximum Gasteiger partial charge on any atom is 0.408 e. The number of aliphatic hydroxyl groups excluding tert-OH is 1. The molecule has 1 aromatic rings. The molecule has 0 fully saturated rings. The van der Waals surface area contributed by atoms with Crippen LogP contribution in [0.5, 0.6) is 11.5 Å². The second kappa shape index (κ2) is 7.96. The molecule has 0 radical (unpaired) electrons.